The summed E-state index contributed by atoms with van der Waals surface area (Å²) in [6, 6.07) is 14.1. The van der Waals surface area contributed by atoms with Gasteiger partial charge in [0.2, 0.25) is 10.0 Å². The molecule has 1 heterocycles. The summed E-state index contributed by atoms with van der Waals surface area (Å²) in [5, 5.41) is 2.60. The second kappa shape index (κ2) is 11.8. The molecule has 1 aliphatic heterocycles. The van der Waals surface area contributed by atoms with Crippen LogP contribution in [0.1, 0.15) is 22.8 Å². The molecule has 1 aliphatic rings. The summed E-state index contributed by atoms with van der Waals surface area (Å²) in [4.78, 5) is 25.3. The van der Waals surface area contributed by atoms with Gasteiger partial charge < -0.3 is 19.5 Å². The number of hydrogen-bond donors (Lipinski definition) is 2. The number of nitrogens with one attached hydrogen (secondary N) is 2. The van der Waals surface area contributed by atoms with Crippen LogP contribution >= 0.6 is 0 Å². The smallest absolute Gasteiger partial charge is 0.338 e. The molecule has 14 heteroatoms. The Morgan fingerprint density at radius 3 is 2.17 bits per heavy atom. The van der Waals surface area contributed by atoms with Crippen LogP contribution in [0.2, 0.25) is 0 Å². The molecule has 2 N–H and O–H groups in total. The summed E-state index contributed by atoms with van der Waals surface area (Å²) < 4.78 is 70.2. The Balaban J connectivity index is 1.39. The van der Waals surface area contributed by atoms with Crippen molar-refractivity contribution in [2.24, 2.45) is 0 Å². The molecule has 0 saturated heterocycles. The molecule has 0 fully saturated rings. The van der Waals surface area contributed by atoms with Crippen molar-refractivity contribution in [3.05, 3.63) is 71.8 Å². The lowest BCUT2D eigenvalue weighted by atomic mass is 10.2. The van der Waals surface area contributed by atoms with Crippen LogP contribution in [0.5, 0.6) is 11.5 Å². The summed E-state index contributed by atoms with van der Waals surface area (Å²) in [5.74, 6) is -0.682. The molecule has 0 aromatic heterocycles. The largest absolute Gasteiger partial charge is 0.486 e. The lowest BCUT2D eigenvalue weighted by molar-refractivity contribution is -0.123. The van der Waals surface area contributed by atoms with Crippen LogP contribution in [0, 0.1) is 6.92 Å². The zero-order valence-electron chi connectivity index (χ0n) is 22.7. The zero-order valence-corrected chi connectivity index (χ0v) is 24.3. The summed E-state index contributed by atoms with van der Waals surface area (Å²) in [7, 11) is -4.88. The van der Waals surface area contributed by atoms with Crippen molar-refractivity contribution in [2.75, 3.05) is 37.3 Å². The molecule has 3 aromatic rings. The van der Waals surface area contributed by atoms with Crippen molar-refractivity contribution in [3.63, 3.8) is 0 Å². The maximum Gasteiger partial charge on any atom is 0.338 e. The van der Waals surface area contributed by atoms with Crippen LogP contribution in [0.25, 0.3) is 0 Å². The van der Waals surface area contributed by atoms with Gasteiger partial charge in [0.25, 0.3) is 15.9 Å². The van der Waals surface area contributed by atoms with Crippen molar-refractivity contribution in [3.8, 4) is 11.5 Å². The van der Waals surface area contributed by atoms with Crippen molar-refractivity contribution in [1.82, 2.24) is 4.31 Å². The zero-order chi connectivity index (χ0) is 29.9. The molecule has 4 rings (SSSR count). The fourth-order valence-electron chi connectivity index (χ4n) is 3.70. The number of sulfonamides is 2. The maximum absolute atomic E-state index is 12.8. The number of esters is 1. The summed E-state index contributed by atoms with van der Waals surface area (Å²) >= 11 is 0. The molecule has 0 aliphatic carbocycles. The molecule has 41 heavy (non-hydrogen) atoms. The highest BCUT2D eigenvalue weighted by atomic mass is 32.2. The Kier molecular flexibility index (Phi) is 8.56. The maximum atomic E-state index is 12.8. The van der Waals surface area contributed by atoms with E-state index in [4.69, 9.17) is 14.2 Å². The molecule has 1 amide bonds. The van der Waals surface area contributed by atoms with Crippen LogP contribution in [-0.2, 0) is 29.6 Å². The predicted octanol–water partition coefficient (Wildman–Crippen LogP) is 3.00. The van der Waals surface area contributed by atoms with Crippen molar-refractivity contribution < 1.29 is 40.6 Å². The molecule has 218 valence electrons. The molecule has 0 radical (unpaired) electrons. The Morgan fingerprint density at radius 1 is 0.878 bits per heavy atom. The van der Waals surface area contributed by atoms with E-state index in [0.717, 1.165) is 4.31 Å². The van der Waals surface area contributed by atoms with Gasteiger partial charge in [-0.2, -0.15) is 0 Å². The second-order valence-corrected chi connectivity index (χ2v) is 13.1. The van der Waals surface area contributed by atoms with Crippen LogP contribution < -0.4 is 19.5 Å². The SMILES string of the molecule is Cc1ccc(S(=O)(=O)N(C)C)cc1NC(=O)[C@@H](C)OC(=O)c1ccc(NS(=O)(=O)c2ccc3c(c2)OCCO3)cc1. The van der Waals surface area contributed by atoms with E-state index in [-0.39, 0.29) is 26.7 Å². The first-order chi connectivity index (χ1) is 19.3. The molecule has 12 nitrogen and oxygen atoms in total. The third-order valence-corrected chi connectivity index (χ3v) is 9.29. The summed E-state index contributed by atoms with van der Waals surface area (Å²) in [6.07, 6.45) is -1.22. The number of amides is 1. The standard InChI is InChI=1S/C27H29N3O9S2/c1-17-5-10-22(41(35,36)30(3)4)15-23(17)28-26(31)18(2)39-27(32)19-6-8-20(9-7-19)29-40(33,34)21-11-12-24-25(16-21)38-14-13-37-24/h5-12,15-16,18,29H,13-14H2,1-4H3,(H,28,31)/t18-/m1/s1. The molecular formula is C27H29N3O9S2. The first-order valence-electron chi connectivity index (χ1n) is 12.4. The summed E-state index contributed by atoms with van der Waals surface area (Å²) in [6.45, 7) is 3.77. The molecular weight excluding hydrogens is 574 g/mol. The number of nitrogens with zero attached hydrogens (tertiary/aromatic N) is 1. The Bertz CT molecular complexity index is 1690. The number of hydrogen-bond acceptors (Lipinski definition) is 9. The third kappa shape index (κ3) is 6.78. The third-order valence-electron chi connectivity index (χ3n) is 6.10. The van der Waals surface area contributed by atoms with Gasteiger partial charge in [0.1, 0.15) is 13.2 Å². The van der Waals surface area contributed by atoms with E-state index in [1.54, 1.807) is 13.0 Å². The van der Waals surface area contributed by atoms with Crippen molar-refractivity contribution in [1.29, 1.82) is 0 Å². The van der Waals surface area contributed by atoms with Gasteiger partial charge in [-0.3, -0.25) is 9.52 Å². The van der Waals surface area contributed by atoms with Crippen LogP contribution in [0.4, 0.5) is 11.4 Å². The molecule has 0 spiro atoms. The number of carbonyl (C=O) groups is 2. The lowest BCUT2D eigenvalue weighted by Gasteiger charge is -2.19. The average Bonchev–Trinajstić information content (AvgIpc) is 2.93. The van der Waals surface area contributed by atoms with E-state index in [9.17, 15) is 26.4 Å². The summed E-state index contributed by atoms with van der Waals surface area (Å²) in [5.41, 5.74) is 1.16. The highest BCUT2D eigenvalue weighted by Gasteiger charge is 2.23. The van der Waals surface area contributed by atoms with Gasteiger partial charge in [0, 0.05) is 31.5 Å². The van der Waals surface area contributed by atoms with Gasteiger partial charge >= 0.3 is 5.97 Å². The minimum Gasteiger partial charge on any atom is -0.486 e. The van der Waals surface area contributed by atoms with E-state index < -0.39 is 38.0 Å². The van der Waals surface area contributed by atoms with E-state index >= 15 is 0 Å². The number of ether oxygens (including phenoxy) is 3. The topological polar surface area (TPSA) is 157 Å². The normalized spacial score (nSPS) is 13.8. The number of carbonyl (C=O) groups excluding carboxylic acids is 2. The van der Waals surface area contributed by atoms with E-state index in [1.165, 1.54) is 75.6 Å². The van der Waals surface area contributed by atoms with Crippen LogP contribution in [0.15, 0.2) is 70.5 Å². The van der Waals surface area contributed by atoms with Crippen molar-refractivity contribution >= 4 is 43.3 Å². The molecule has 0 unspecified atom stereocenters. The van der Waals surface area contributed by atoms with Crippen LogP contribution in [-0.4, -0.2) is 66.4 Å². The predicted molar refractivity (Wildman–Crippen MR) is 150 cm³/mol. The monoisotopic (exact) mass is 603 g/mol. The Labute approximate surface area is 238 Å². The Hall–Kier alpha value is -4.14. The number of rotatable bonds is 9. The van der Waals surface area contributed by atoms with E-state index in [0.29, 0.717) is 30.3 Å². The van der Waals surface area contributed by atoms with Gasteiger partial charge in [0.15, 0.2) is 17.6 Å². The molecule has 0 saturated carbocycles. The first-order valence-corrected chi connectivity index (χ1v) is 15.3. The van der Waals surface area contributed by atoms with Gasteiger partial charge in [-0.1, -0.05) is 6.07 Å². The van der Waals surface area contributed by atoms with Gasteiger partial charge in [-0.05, 0) is 67.9 Å². The number of benzene rings is 3. The number of fused-ring (bicyclic) bond motifs is 1. The lowest BCUT2D eigenvalue weighted by Crippen LogP contribution is -2.30. The number of anilines is 2. The fourth-order valence-corrected chi connectivity index (χ4v) is 5.70. The quantitative estimate of drug-likeness (QED) is 0.351. The van der Waals surface area contributed by atoms with E-state index in [1.807, 2.05) is 0 Å². The van der Waals surface area contributed by atoms with Gasteiger partial charge in [0.05, 0.1) is 15.4 Å². The molecule has 3 aromatic carbocycles. The van der Waals surface area contributed by atoms with Gasteiger partial charge in [-0.15, -0.1) is 0 Å². The second-order valence-electron chi connectivity index (χ2n) is 9.29. The Morgan fingerprint density at radius 2 is 1.51 bits per heavy atom. The highest BCUT2D eigenvalue weighted by Crippen LogP contribution is 2.33. The minimum absolute atomic E-state index is 0.00210. The van der Waals surface area contributed by atoms with Crippen LogP contribution in [0.3, 0.4) is 0 Å². The minimum atomic E-state index is -3.96. The average molecular weight is 604 g/mol. The fraction of sp³-hybridized carbons (Fsp3) is 0.259. The molecule has 1 atom stereocenters. The van der Waals surface area contributed by atoms with Crippen molar-refractivity contribution in [2.45, 2.75) is 29.7 Å². The molecule has 0 bridgehead atoms. The number of aryl methyl sites for hydroxylation is 1. The van der Waals surface area contributed by atoms with Gasteiger partial charge in [-0.25, -0.2) is 25.9 Å². The van der Waals surface area contributed by atoms with E-state index in [2.05, 4.69) is 10.0 Å². The highest BCUT2D eigenvalue weighted by molar-refractivity contribution is 7.92. The first kappa shape index (κ1) is 29.8.